The minimum atomic E-state index is -3.87. The van der Waals surface area contributed by atoms with Crippen molar-refractivity contribution in [3.8, 4) is 0 Å². The largest absolute Gasteiger partial charge is 0.468 e. The van der Waals surface area contributed by atoms with E-state index in [0.29, 0.717) is 5.56 Å². The van der Waals surface area contributed by atoms with Gasteiger partial charge in [-0.05, 0) is 18.6 Å². The van der Waals surface area contributed by atoms with Crippen LogP contribution in [0.5, 0.6) is 0 Å². The Morgan fingerprint density at radius 3 is 2.45 bits per heavy atom. The number of nitrogens with one attached hydrogen (secondary N) is 1. The van der Waals surface area contributed by atoms with Gasteiger partial charge in [0.1, 0.15) is 6.04 Å². The van der Waals surface area contributed by atoms with Gasteiger partial charge in [0.05, 0.1) is 13.2 Å². The maximum atomic E-state index is 11.8. The van der Waals surface area contributed by atoms with Crippen LogP contribution in [0.4, 0.5) is 0 Å². The first-order valence-corrected chi connectivity index (χ1v) is 7.41. The van der Waals surface area contributed by atoms with E-state index in [9.17, 15) is 18.3 Å². The van der Waals surface area contributed by atoms with Gasteiger partial charge in [-0.25, -0.2) is 8.42 Å². The van der Waals surface area contributed by atoms with Gasteiger partial charge in [0.25, 0.3) is 0 Å². The summed E-state index contributed by atoms with van der Waals surface area (Å²) in [7, 11) is -2.75. The molecule has 0 bridgehead atoms. The van der Waals surface area contributed by atoms with Crippen LogP contribution in [-0.2, 0) is 19.6 Å². The van der Waals surface area contributed by atoms with E-state index in [1.54, 1.807) is 24.3 Å². The van der Waals surface area contributed by atoms with E-state index >= 15 is 0 Å². The van der Waals surface area contributed by atoms with Crippen LogP contribution in [0, 0.1) is 0 Å². The zero-order valence-electron chi connectivity index (χ0n) is 11.2. The molecule has 0 heterocycles. The Labute approximate surface area is 118 Å². The number of hydrogen-bond donors (Lipinski definition) is 2. The van der Waals surface area contributed by atoms with Crippen LogP contribution in [0.25, 0.3) is 6.08 Å². The van der Waals surface area contributed by atoms with Gasteiger partial charge in [-0.2, -0.15) is 4.72 Å². The second-order valence-corrected chi connectivity index (χ2v) is 5.72. The summed E-state index contributed by atoms with van der Waals surface area (Å²) in [5.74, 6) is -0.850. The zero-order valence-corrected chi connectivity index (χ0v) is 12.0. The molecule has 0 amide bonds. The van der Waals surface area contributed by atoms with E-state index in [-0.39, 0.29) is 0 Å². The Kier molecular flexibility index (Phi) is 5.87. The van der Waals surface area contributed by atoms with Crippen molar-refractivity contribution in [3.63, 3.8) is 0 Å². The Balaban J connectivity index is 2.83. The average Bonchev–Trinajstić information content (AvgIpc) is 2.43. The van der Waals surface area contributed by atoms with E-state index in [4.69, 9.17) is 0 Å². The molecule has 0 radical (unpaired) electrons. The van der Waals surface area contributed by atoms with Crippen molar-refractivity contribution < 1.29 is 23.1 Å². The van der Waals surface area contributed by atoms with Gasteiger partial charge in [0.15, 0.2) is 0 Å². The first kappa shape index (κ1) is 16.4. The molecule has 0 aliphatic rings. The molecule has 1 aromatic carbocycles. The molecule has 0 unspecified atom stereocenters. The van der Waals surface area contributed by atoms with Gasteiger partial charge in [0.2, 0.25) is 10.0 Å². The number of rotatable bonds is 6. The summed E-state index contributed by atoms with van der Waals surface area (Å²) in [6.07, 6.45) is 0.181. The number of esters is 1. The molecule has 0 saturated carbocycles. The fraction of sp³-hybridized carbons (Fsp3) is 0.308. The second kappa shape index (κ2) is 7.18. The molecule has 2 atom stereocenters. The molecule has 0 fully saturated rings. The standard InChI is InChI=1S/C13H17NO5S/c1-10(15)12(13(16)19-2)14-20(17,18)9-8-11-6-4-3-5-7-11/h3-10,12,14-15H,1-2H3/b9-8+/t10-,12+/m1/s1. The van der Waals surface area contributed by atoms with Gasteiger partial charge < -0.3 is 9.84 Å². The summed E-state index contributed by atoms with van der Waals surface area (Å²) < 4.78 is 30.2. The lowest BCUT2D eigenvalue weighted by atomic mass is 10.2. The molecule has 1 rings (SSSR count). The molecule has 0 aliphatic carbocycles. The summed E-state index contributed by atoms with van der Waals surface area (Å²) in [6.45, 7) is 1.30. The minimum absolute atomic E-state index is 0.699. The van der Waals surface area contributed by atoms with Crippen LogP contribution in [0.1, 0.15) is 12.5 Å². The predicted molar refractivity (Wildman–Crippen MR) is 75.0 cm³/mol. The molecule has 2 N–H and O–H groups in total. The van der Waals surface area contributed by atoms with Crippen LogP contribution in [0.2, 0.25) is 0 Å². The molecule has 0 saturated heterocycles. The molecular weight excluding hydrogens is 282 g/mol. The molecule has 0 aliphatic heterocycles. The van der Waals surface area contributed by atoms with Gasteiger partial charge in [-0.15, -0.1) is 0 Å². The predicted octanol–water partition coefficient (Wildman–Crippen LogP) is 0.499. The molecule has 0 aromatic heterocycles. The van der Waals surface area contributed by atoms with Crippen LogP contribution < -0.4 is 4.72 Å². The number of sulfonamides is 1. The Morgan fingerprint density at radius 2 is 1.95 bits per heavy atom. The lowest BCUT2D eigenvalue weighted by molar-refractivity contribution is -0.145. The minimum Gasteiger partial charge on any atom is -0.468 e. The third-order valence-corrected chi connectivity index (χ3v) is 3.54. The summed E-state index contributed by atoms with van der Waals surface area (Å²) in [5, 5.41) is 10.3. The van der Waals surface area contributed by atoms with Crippen molar-refractivity contribution in [2.75, 3.05) is 7.11 Å². The quantitative estimate of drug-likeness (QED) is 0.746. The van der Waals surface area contributed by atoms with E-state index in [1.165, 1.54) is 13.0 Å². The highest BCUT2D eigenvalue weighted by molar-refractivity contribution is 7.92. The average molecular weight is 299 g/mol. The van der Waals surface area contributed by atoms with Crippen molar-refractivity contribution in [2.24, 2.45) is 0 Å². The maximum absolute atomic E-state index is 11.8. The number of carbonyl (C=O) groups excluding carboxylic acids is 1. The highest BCUT2D eigenvalue weighted by atomic mass is 32.2. The second-order valence-electron chi connectivity index (χ2n) is 4.12. The van der Waals surface area contributed by atoms with E-state index in [0.717, 1.165) is 12.5 Å². The Morgan fingerprint density at radius 1 is 1.35 bits per heavy atom. The molecule has 0 spiro atoms. The molecule has 110 valence electrons. The Bertz CT molecular complexity index is 566. The molecule has 7 heteroatoms. The van der Waals surface area contributed by atoms with Crippen molar-refractivity contribution in [2.45, 2.75) is 19.1 Å². The number of aliphatic hydroxyl groups excluding tert-OH is 1. The summed E-state index contributed by atoms with van der Waals surface area (Å²) in [6, 6.07) is 7.48. The molecule has 1 aromatic rings. The summed E-state index contributed by atoms with van der Waals surface area (Å²) in [4.78, 5) is 11.4. The van der Waals surface area contributed by atoms with Gasteiger partial charge >= 0.3 is 5.97 Å². The SMILES string of the molecule is COC(=O)[C@@H](NS(=O)(=O)/C=C/c1ccccc1)[C@@H](C)O. The maximum Gasteiger partial charge on any atom is 0.326 e. The monoisotopic (exact) mass is 299 g/mol. The van der Waals surface area contributed by atoms with Crippen molar-refractivity contribution in [3.05, 3.63) is 41.3 Å². The number of hydrogen-bond acceptors (Lipinski definition) is 5. The number of aliphatic hydroxyl groups is 1. The fourth-order valence-electron chi connectivity index (χ4n) is 1.42. The van der Waals surface area contributed by atoms with Gasteiger partial charge in [0, 0.05) is 5.41 Å². The van der Waals surface area contributed by atoms with Gasteiger partial charge in [-0.3, -0.25) is 4.79 Å². The fourth-order valence-corrected chi connectivity index (χ4v) is 2.48. The van der Waals surface area contributed by atoms with E-state index in [1.807, 2.05) is 6.07 Å². The van der Waals surface area contributed by atoms with Crippen molar-refractivity contribution in [1.82, 2.24) is 4.72 Å². The highest BCUT2D eigenvalue weighted by Gasteiger charge is 2.28. The lowest BCUT2D eigenvalue weighted by Crippen LogP contribution is -2.47. The number of carbonyl (C=O) groups is 1. The van der Waals surface area contributed by atoms with Crippen LogP contribution >= 0.6 is 0 Å². The number of ether oxygens (including phenoxy) is 1. The number of methoxy groups -OCH3 is 1. The van der Waals surface area contributed by atoms with Crippen LogP contribution in [0.3, 0.4) is 0 Å². The number of benzene rings is 1. The molecule has 6 nitrogen and oxygen atoms in total. The van der Waals surface area contributed by atoms with E-state index in [2.05, 4.69) is 9.46 Å². The normalized spacial score (nSPS) is 14.9. The summed E-state index contributed by atoms with van der Waals surface area (Å²) in [5.41, 5.74) is 0.699. The first-order valence-electron chi connectivity index (χ1n) is 5.87. The van der Waals surface area contributed by atoms with Gasteiger partial charge in [-0.1, -0.05) is 30.3 Å². The van der Waals surface area contributed by atoms with Crippen molar-refractivity contribution >= 4 is 22.1 Å². The molecular formula is C13H17NO5S. The Hall–Kier alpha value is -1.70. The summed E-state index contributed by atoms with van der Waals surface area (Å²) >= 11 is 0. The highest BCUT2D eigenvalue weighted by Crippen LogP contribution is 2.05. The van der Waals surface area contributed by atoms with Crippen molar-refractivity contribution in [1.29, 1.82) is 0 Å². The smallest absolute Gasteiger partial charge is 0.326 e. The third kappa shape index (κ3) is 5.12. The van der Waals surface area contributed by atoms with Crippen LogP contribution in [-0.4, -0.2) is 38.7 Å². The van der Waals surface area contributed by atoms with E-state index < -0.39 is 28.1 Å². The molecule has 20 heavy (non-hydrogen) atoms. The topological polar surface area (TPSA) is 92.7 Å². The van der Waals surface area contributed by atoms with Crippen LogP contribution in [0.15, 0.2) is 35.7 Å². The first-order chi connectivity index (χ1) is 9.35. The zero-order chi connectivity index (χ0) is 15.2. The third-order valence-electron chi connectivity index (χ3n) is 2.47. The lowest BCUT2D eigenvalue weighted by Gasteiger charge is -2.17.